The van der Waals surface area contributed by atoms with Gasteiger partial charge in [0.1, 0.15) is 5.75 Å². The van der Waals surface area contributed by atoms with E-state index in [0.717, 1.165) is 18.7 Å². The molecule has 5 rings (SSSR count). The maximum atomic E-state index is 15.2. The number of carbonyl (C=O) groups is 1. The van der Waals surface area contributed by atoms with Crippen LogP contribution in [0.4, 0.5) is 20.6 Å². The number of aromatic nitrogens is 1. The van der Waals surface area contributed by atoms with Gasteiger partial charge < -0.3 is 34.2 Å². The number of halogens is 1. The van der Waals surface area contributed by atoms with Gasteiger partial charge in [0.25, 0.3) is 0 Å². The minimum Gasteiger partial charge on any atom is -0.493 e. The van der Waals surface area contributed by atoms with Gasteiger partial charge in [-0.25, -0.2) is 9.18 Å². The lowest BCUT2D eigenvalue weighted by Crippen LogP contribution is -2.50. The lowest BCUT2D eigenvalue weighted by molar-refractivity contribution is 0.208. The summed E-state index contributed by atoms with van der Waals surface area (Å²) in [5.41, 5.74) is 1.80. The molecule has 2 aliphatic rings. The lowest BCUT2D eigenvalue weighted by atomic mass is 10.1. The quantitative estimate of drug-likeness (QED) is 0.330. The molecule has 0 atom stereocenters. The number of pyridine rings is 1. The second-order valence-electron chi connectivity index (χ2n) is 10.8. The summed E-state index contributed by atoms with van der Waals surface area (Å²) in [6.45, 7) is 9.75. The largest absolute Gasteiger partial charge is 0.493 e. The Morgan fingerprint density at radius 3 is 2.44 bits per heavy atom. The fraction of sp³-hybridized carbons (Fsp3) is 0.484. The highest BCUT2D eigenvalue weighted by molar-refractivity contribution is 5.94. The second kappa shape index (κ2) is 13.2. The monoisotopic (exact) mass is 565 g/mol. The summed E-state index contributed by atoms with van der Waals surface area (Å²) in [5, 5.41) is 3.60. The highest BCUT2D eigenvalue weighted by atomic mass is 19.1. The summed E-state index contributed by atoms with van der Waals surface area (Å²) in [5.74, 6) is 1.51. The van der Waals surface area contributed by atoms with Crippen LogP contribution < -0.4 is 24.4 Å². The molecule has 9 nitrogen and oxygen atoms in total. The van der Waals surface area contributed by atoms with Crippen molar-refractivity contribution in [2.24, 2.45) is 0 Å². The average Bonchev–Trinajstić information content (AvgIpc) is 3.49. The van der Waals surface area contributed by atoms with Gasteiger partial charge >= 0.3 is 6.03 Å². The van der Waals surface area contributed by atoms with Crippen molar-refractivity contribution in [2.75, 3.05) is 69.7 Å². The van der Waals surface area contributed by atoms with Crippen molar-refractivity contribution in [3.63, 3.8) is 0 Å². The van der Waals surface area contributed by atoms with E-state index in [0.29, 0.717) is 66.6 Å². The number of urea groups is 1. The van der Waals surface area contributed by atoms with E-state index in [1.807, 2.05) is 55.1 Å². The number of nitrogens with one attached hydrogen (secondary N) is 1. The lowest BCUT2D eigenvalue weighted by Gasteiger charge is -2.36. The third-order valence-corrected chi connectivity index (χ3v) is 7.52. The molecular weight excluding hydrogens is 525 g/mol. The van der Waals surface area contributed by atoms with Crippen LogP contribution in [0.2, 0.25) is 0 Å². The Labute approximate surface area is 241 Å². The Kier molecular flexibility index (Phi) is 9.28. The minimum absolute atomic E-state index is 0.0834. The van der Waals surface area contributed by atoms with Gasteiger partial charge in [0, 0.05) is 49.9 Å². The van der Waals surface area contributed by atoms with E-state index in [1.54, 1.807) is 12.0 Å². The fourth-order valence-corrected chi connectivity index (χ4v) is 5.46. The standard InChI is InChI=1S/C31H40FN5O4/c1-22(2)41-24-9-7-23(8-10-24)34-31(38)37-16-14-36(15-17-37)30-25-19-28(39-3)29(20-27(25)33-21-26(30)32)40-18-6-13-35-11-4-5-12-35/h7-10,19-22H,4-6,11-18H2,1-3H3,(H,34,38). The molecule has 0 aliphatic carbocycles. The van der Waals surface area contributed by atoms with Gasteiger partial charge in [0.2, 0.25) is 0 Å². The molecule has 2 fully saturated rings. The SMILES string of the molecule is COc1cc2c(N3CCN(C(=O)Nc4ccc(OC(C)C)cc4)CC3)c(F)cnc2cc1OCCCN1CCCC1. The molecule has 1 N–H and O–H groups in total. The van der Waals surface area contributed by atoms with Gasteiger partial charge in [0.15, 0.2) is 17.3 Å². The van der Waals surface area contributed by atoms with Gasteiger partial charge in [-0.2, -0.15) is 0 Å². The summed E-state index contributed by atoms with van der Waals surface area (Å²) >= 11 is 0. The smallest absolute Gasteiger partial charge is 0.321 e. The molecule has 0 radical (unpaired) electrons. The molecule has 0 bridgehead atoms. The Balaban J connectivity index is 1.22. The van der Waals surface area contributed by atoms with Gasteiger partial charge in [0.05, 0.1) is 37.2 Å². The van der Waals surface area contributed by atoms with Gasteiger partial charge in [-0.3, -0.25) is 4.98 Å². The number of benzene rings is 2. The van der Waals surface area contributed by atoms with E-state index in [1.165, 1.54) is 32.1 Å². The van der Waals surface area contributed by atoms with E-state index >= 15 is 4.39 Å². The van der Waals surface area contributed by atoms with Crippen molar-refractivity contribution in [2.45, 2.75) is 39.2 Å². The number of likely N-dealkylation sites (tertiary alicyclic amines) is 1. The molecule has 2 aromatic carbocycles. The van der Waals surface area contributed by atoms with E-state index in [-0.39, 0.29) is 12.1 Å². The van der Waals surface area contributed by atoms with Crippen molar-refractivity contribution in [3.8, 4) is 17.2 Å². The topological polar surface area (TPSA) is 79.4 Å². The molecule has 220 valence electrons. The molecular formula is C31H40FN5O4. The Hall–Kier alpha value is -3.79. The highest BCUT2D eigenvalue weighted by Gasteiger charge is 2.25. The molecule has 0 unspecified atom stereocenters. The number of carbonyl (C=O) groups excluding carboxylic acids is 1. The summed E-state index contributed by atoms with van der Waals surface area (Å²) in [4.78, 5) is 23.4. The first kappa shape index (κ1) is 28.7. The van der Waals surface area contributed by atoms with Crippen LogP contribution in [0.5, 0.6) is 17.2 Å². The molecule has 10 heteroatoms. The molecule has 1 aromatic heterocycles. The molecule has 41 heavy (non-hydrogen) atoms. The summed E-state index contributed by atoms with van der Waals surface area (Å²) in [6.07, 6.45) is 4.82. The number of fused-ring (bicyclic) bond motifs is 1. The molecule has 0 spiro atoms. The predicted octanol–water partition coefficient (Wildman–Crippen LogP) is 5.39. The Morgan fingerprint density at radius 1 is 1.02 bits per heavy atom. The maximum Gasteiger partial charge on any atom is 0.321 e. The number of rotatable bonds is 10. The fourth-order valence-electron chi connectivity index (χ4n) is 5.46. The zero-order chi connectivity index (χ0) is 28.8. The third kappa shape index (κ3) is 7.11. The van der Waals surface area contributed by atoms with Crippen LogP contribution in [0.1, 0.15) is 33.1 Å². The molecule has 0 saturated carbocycles. The van der Waals surface area contributed by atoms with Crippen molar-refractivity contribution in [3.05, 3.63) is 48.4 Å². The van der Waals surface area contributed by atoms with Crippen LogP contribution in [-0.4, -0.2) is 86.4 Å². The van der Waals surface area contributed by atoms with Crippen LogP contribution in [0.15, 0.2) is 42.6 Å². The number of hydrogen-bond donors (Lipinski definition) is 1. The number of methoxy groups -OCH3 is 1. The molecule has 2 aliphatic heterocycles. The van der Waals surface area contributed by atoms with E-state index < -0.39 is 5.82 Å². The van der Waals surface area contributed by atoms with Crippen molar-refractivity contribution in [1.29, 1.82) is 0 Å². The second-order valence-corrected chi connectivity index (χ2v) is 10.8. The normalized spacial score (nSPS) is 15.9. The van der Waals surface area contributed by atoms with Crippen molar-refractivity contribution >= 4 is 28.3 Å². The van der Waals surface area contributed by atoms with Gasteiger partial charge in [-0.05, 0) is 76.5 Å². The van der Waals surface area contributed by atoms with Crippen molar-refractivity contribution in [1.82, 2.24) is 14.8 Å². The molecule has 2 saturated heterocycles. The Morgan fingerprint density at radius 2 is 1.76 bits per heavy atom. The zero-order valence-corrected chi connectivity index (χ0v) is 24.2. The summed E-state index contributed by atoms with van der Waals surface area (Å²) in [6, 6.07) is 10.8. The van der Waals surface area contributed by atoms with Gasteiger partial charge in [-0.1, -0.05) is 0 Å². The van der Waals surface area contributed by atoms with Gasteiger partial charge in [-0.15, -0.1) is 0 Å². The number of anilines is 2. The van der Waals surface area contributed by atoms with Crippen LogP contribution in [-0.2, 0) is 0 Å². The van der Waals surface area contributed by atoms with Crippen LogP contribution in [0.3, 0.4) is 0 Å². The first-order chi connectivity index (χ1) is 19.9. The maximum absolute atomic E-state index is 15.2. The van der Waals surface area contributed by atoms with E-state index in [4.69, 9.17) is 14.2 Å². The first-order valence-electron chi connectivity index (χ1n) is 14.5. The number of amides is 2. The molecule has 2 amide bonds. The zero-order valence-electron chi connectivity index (χ0n) is 24.2. The highest BCUT2D eigenvalue weighted by Crippen LogP contribution is 2.37. The number of nitrogens with zero attached hydrogens (tertiary/aromatic N) is 4. The van der Waals surface area contributed by atoms with Crippen LogP contribution >= 0.6 is 0 Å². The van der Waals surface area contributed by atoms with Crippen molar-refractivity contribution < 1.29 is 23.4 Å². The first-order valence-corrected chi connectivity index (χ1v) is 14.5. The number of piperazine rings is 1. The minimum atomic E-state index is -0.402. The molecule has 3 heterocycles. The van der Waals surface area contributed by atoms with Crippen LogP contribution in [0, 0.1) is 5.82 Å². The third-order valence-electron chi connectivity index (χ3n) is 7.52. The summed E-state index contributed by atoms with van der Waals surface area (Å²) < 4.78 is 32.6. The number of hydrogen-bond acceptors (Lipinski definition) is 7. The number of ether oxygens (including phenoxy) is 3. The predicted molar refractivity (Wildman–Crippen MR) is 159 cm³/mol. The van der Waals surface area contributed by atoms with E-state index in [9.17, 15) is 4.79 Å². The summed E-state index contributed by atoms with van der Waals surface area (Å²) in [7, 11) is 1.59. The average molecular weight is 566 g/mol. The Bertz CT molecular complexity index is 1320. The van der Waals surface area contributed by atoms with Crippen LogP contribution in [0.25, 0.3) is 10.9 Å². The molecule has 3 aromatic rings. The van der Waals surface area contributed by atoms with E-state index in [2.05, 4.69) is 15.2 Å².